The number of nitrogens with one attached hydrogen (secondary N) is 1. The number of alkyl halides is 3. The van der Waals surface area contributed by atoms with Gasteiger partial charge in [-0.2, -0.15) is 0 Å². The molecule has 23 heavy (non-hydrogen) atoms. The molecule has 0 aliphatic carbocycles. The van der Waals surface area contributed by atoms with Gasteiger partial charge in [-0.15, -0.1) is 13.2 Å². The zero-order valence-corrected chi connectivity index (χ0v) is 12.3. The Bertz CT molecular complexity index is 684. The summed E-state index contributed by atoms with van der Waals surface area (Å²) in [5.41, 5.74) is 7.88. The van der Waals surface area contributed by atoms with E-state index >= 15 is 0 Å². The maximum absolute atomic E-state index is 12.1. The predicted octanol–water partition coefficient (Wildman–Crippen LogP) is 3.22. The maximum Gasteiger partial charge on any atom is 0.573 e. The number of benzene rings is 1. The number of aromatic nitrogens is 1. The molecule has 0 fully saturated rings. The molecule has 0 aliphatic rings. The number of hydrogen-bond acceptors (Lipinski definition) is 3. The first-order valence-electron chi connectivity index (χ1n) is 6.67. The van der Waals surface area contributed by atoms with Crippen LogP contribution in [-0.2, 0) is 6.54 Å². The number of ether oxygens (including phenoxy) is 1. The molecule has 0 saturated heterocycles. The fraction of sp³-hybridized carbons (Fsp3) is 0.200. The van der Waals surface area contributed by atoms with E-state index in [2.05, 4.69) is 20.0 Å². The highest BCUT2D eigenvalue weighted by atomic mass is 19.4. The van der Waals surface area contributed by atoms with Gasteiger partial charge in [0.15, 0.2) is 5.96 Å². The number of nitrogens with two attached hydrogens (primary N) is 1. The average molecular weight is 324 g/mol. The number of halogens is 3. The third-order valence-electron chi connectivity index (χ3n) is 2.72. The molecule has 2 aromatic rings. The van der Waals surface area contributed by atoms with Gasteiger partial charge in [0, 0.05) is 11.4 Å². The molecule has 0 spiro atoms. The highest BCUT2D eigenvalue weighted by Gasteiger charge is 2.30. The van der Waals surface area contributed by atoms with Crippen LogP contribution in [0.4, 0.5) is 18.9 Å². The van der Waals surface area contributed by atoms with Crippen molar-refractivity contribution in [1.82, 2.24) is 4.98 Å². The van der Waals surface area contributed by atoms with E-state index < -0.39 is 6.36 Å². The summed E-state index contributed by atoms with van der Waals surface area (Å²) in [4.78, 5) is 8.41. The van der Waals surface area contributed by atoms with E-state index in [1.54, 1.807) is 0 Å². The van der Waals surface area contributed by atoms with Crippen LogP contribution in [0, 0.1) is 6.92 Å². The number of aryl methyl sites for hydroxylation is 1. The van der Waals surface area contributed by atoms with E-state index in [1.165, 1.54) is 24.3 Å². The van der Waals surface area contributed by atoms with Crippen LogP contribution in [0.2, 0.25) is 0 Å². The monoisotopic (exact) mass is 324 g/mol. The first-order valence-corrected chi connectivity index (χ1v) is 6.67. The largest absolute Gasteiger partial charge is 0.573 e. The fourth-order valence-electron chi connectivity index (χ4n) is 1.78. The number of rotatable bonds is 4. The van der Waals surface area contributed by atoms with Gasteiger partial charge >= 0.3 is 6.36 Å². The molecular formula is C15H15F3N4O. The van der Waals surface area contributed by atoms with Gasteiger partial charge in [0.1, 0.15) is 5.75 Å². The second-order valence-electron chi connectivity index (χ2n) is 4.67. The Kier molecular flexibility index (Phi) is 5.05. The summed E-state index contributed by atoms with van der Waals surface area (Å²) in [7, 11) is 0. The fourth-order valence-corrected chi connectivity index (χ4v) is 1.78. The summed E-state index contributed by atoms with van der Waals surface area (Å²) in [6.07, 6.45) is -4.71. The number of aliphatic imine (C=N–C) groups is 1. The normalized spacial score (nSPS) is 12.1. The maximum atomic E-state index is 12.1. The molecule has 0 saturated carbocycles. The highest BCUT2D eigenvalue weighted by Crippen LogP contribution is 2.23. The molecule has 8 heteroatoms. The van der Waals surface area contributed by atoms with Crippen molar-refractivity contribution in [3.05, 3.63) is 53.9 Å². The summed E-state index contributed by atoms with van der Waals surface area (Å²) >= 11 is 0. The van der Waals surface area contributed by atoms with Gasteiger partial charge in [0.25, 0.3) is 0 Å². The van der Waals surface area contributed by atoms with Crippen LogP contribution in [0.25, 0.3) is 0 Å². The lowest BCUT2D eigenvalue weighted by Crippen LogP contribution is -2.22. The lowest BCUT2D eigenvalue weighted by Gasteiger charge is -2.10. The standard InChI is InChI=1S/C15H15F3N4O/c1-10-3-2-4-12(21-10)9-20-14(19)22-11-5-7-13(8-6-11)23-15(16,17)18/h2-8H,9H2,1H3,(H3,19,20,22). The molecule has 0 bridgehead atoms. The van der Waals surface area contributed by atoms with E-state index in [0.29, 0.717) is 12.2 Å². The van der Waals surface area contributed by atoms with E-state index in [4.69, 9.17) is 5.73 Å². The zero-order chi connectivity index (χ0) is 16.9. The number of anilines is 1. The van der Waals surface area contributed by atoms with Gasteiger partial charge in [-0.3, -0.25) is 4.98 Å². The molecule has 3 N–H and O–H groups in total. The minimum absolute atomic E-state index is 0.137. The quantitative estimate of drug-likeness (QED) is 0.669. The second kappa shape index (κ2) is 6.99. The summed E-state index contributed by atoms with van der Waals surface area (Å²) in [5, 5.41) is 2.78. The number of hydrogen-bond donors (Lipinski definition) is 2. The third-order valence-corrected chi connectivity index (χ3v) is 2.72. The Morgan fingerprint density at radius 1 is 1.22 bits per heavy atom. The van der Waals surface area contributed by atoms with Crippen molar-refractivity contribution >= 4 is 11.6 Å². The van der Waals surface area contributed by atoms with Crippen molar-refractivity contribution in [3.8, 4) is 5.75 Å². The SMILES string of the molecule is Cc1cccc(CN=C(N)Nc2ccc(OC(F)(F)F)cc2)n1. The number of pyridine rings is 1. The molecule has 2 rings (SSSR count). The van der Waals surface area contributed by atoms with Crippen molar-refractivity contribution in [3.63, 3.8) is 0 Å². The summed E-state index contributed by atoms with van der Waals surface area (Å²) < 4.78 is 40.0. The van der Waals surface area contributed by atoms with Crippen LogP contribution >= 0.6 is 0 Å². The molecule has 0 aliphatic heterocycles. The van der Waals surface area contributed by atoms with Crippen molar-refractivity contribution in [1.29, 1.82) is 0 Å². The van der Waals surface area contributed by atoms with Gasteiger partial charge < -0.3 is 15.8 Å². The highest BCUT2D eigenvalue weighted by molar-refractivity contribution is 5.92. The summed E-state index contributed by atoms with van der Waals surface area (Å²) in [5.74, 6) is -0.166. The van der Waals surface area contributed by atoms with Gasteiger partial charge in [0.05, 0.1) is 12.2 Å². The first kappa shape index (κ1) is 16.6. The van der Waals surface area contributed by atoms with Gasteiger partial charge in [-0.25, -0.2) is 4.99 Å². The van der Waals surface area contributed by atoms with Gasteiger partial charge in [-0.05, 0) is 43.3 Å². The van der Waals surface area contributed by atoms with Crippen molar-refractivity contribution < 1.29 is 17.9 Å². The number of guanidine groups is 1. The Hall–Kier alpha value is -2.77. The van der Waals surface area contributed by atoms with Crippen LogP contribution in [0.1, 0.15) is 11.4 Å². The topological polar surface area (TPSA) is 72.5 Å². The molecule has 0 atom stereocenters. The van der Waals surface area contributed by atoms with E-state index in [9.17, 15) is 13.2 Å². The van der Waals surface area contributed by atoms with Gasteiger partial charge in [0.2, 0.25) is 0 Å². The smallest absolute Gasteiger partial charge is 0.406 e. The molecule has 1 heterocycles. The van der Waals surface area contributed by atoms with Crippen LogP contribution in [0.15, 0.2) is 47.5 Å². The van der Waals surface area contributed by atoms with E-state index in [1.807, 2.05) is 25.1 Å². The third kappa shape index (κ3) is 5.85. The lowest BCUT2D eigenvalue weighted by atomic mass is 10.3. The Morgan fingerprint density at radius 2 is 1.91 bits per heavy atom. The van der Waals surface area contributed by atoms with Crippen LogP contribution in [0.5, 0.6) is 5.75 Å². The van der Waals surface area contributed by atoms with Crippen LogP contribution in [0.3, 0.4) is 0 Å². The number of nitrogens with zero attached hydrogens (tertiary/aromatic N) is 2. The molecule has 1 aromatic carbocycles. The molecule has 122 valence electrons. The Labute approximate surface area is 131 Å². The molecule has 5 nitrogen and oxygen atoms in total. The van der Waals surface area contributed by atoms with Crippen molar-refractivity contribution in [2.45, 2.75) is 19.8 Å². The predicted molar refractivity (Wildman–Crippen MR) is 81.0 cm³/mol. The van der Waals surface area contributed by atoms with E-state index in [-0.39, 0.29) is 11.7 Å². The van der Waals surface area contributed by atoms with Crippen molar-refractivity contribution in [2.24, 2.45) is 10.7 Å². The van der Waals surface area contributed by atoms with Crippen LogP contribution in [-0.4, -0.2) is 17.3 Å². The molecule has 1 aromatic heterocycles. The molecule has 0 radical (unpaired) electrons. The van der Waals surface area contributed by atoms with Crippen LogP contribution < -0.4 is 15.8 Å². The van der Waals surface area contributed by atoms with Gasteiger partial charge in [-0.1, -0.05) is 6.07 Å². The molecular weight excluding hydrogens is 309 g/mol. The summed E-state index contributed by atoms with van der Waals surface area (Å²) in [6, 6.07) is 10.8. The minimum Gasteiger partial charge on any atom is -0.406 e. The first-order chi connectivity index (χ1) is 10.8. The minimum atomic E-state index is -4.71. The zero-order valence-electron chi connectivity index (χ0n) is 12.3. The van der Waals surface area contributed by atoms with Crippen molar-refractivity contribution in [2.75, 3.05) is 5.32 Å². The Balaban J connectivity index is 1.94. The lowest BCUT2D eigenvalue weighted by molar-refractivity contribution is -0.274. The molecule has 0 unspecified atom stereocenters. The Morgan fingerprint density at radius 3 is 2.52 bits per heavy atom. The molecule has 0 amide bonds. The average Bonchev–Trinajstić information content (AvgIpc) is 2.46. The summed E-state index contributed by atoms with van der Waals surface area (Å²) in [6.45, 7) is 2.18. The second-order valence-corrected chi connectivity index (χ2v) is 4.67. The van der Waals surface area contributed by atoms with E-state index in [0.717, 1.165) is 11.4 Å².